The Morgan fingerprint density at radius 1 is 1.39 bits per heavy atom. The molecule has 2 atom stereocenters. The summed E-state index contributed by atoms with van der Waals surface area (Å²) in [6, 6.07) is 10.3. The third kappa shape index (κ3) is 5.40. The Bertz CT molecular complexity index is 330. The zero-order valence-electron chi connectivity index (χ0n) is 11.3. The first kappa shape index (κ1) is 15.5. The van der Waals surface area contributed by atoms with E-state index in [9.17, 15) is 5.11 Å². The van der Waals surface area contributed by atoms with Crippen molar-refractivity contribution in [2.24, 2.45) is 0 Å². The second-order valence-corrected chi connectivity index (χ2v) is 5.60. The van der Waals surface area contributed by atoms with E-state index >= 15 is 0 Å². The van der Waals surface area contributed by atoms with Crippen LogP contribution >= 0.6 is 11.8 Å². The number of rotatable bonds is 8. The molecule has 0 amide bonds. The molecule has 3 nitrogen and oxygen atoms in total. The number of hydrogen-bond acceptors (Lipinski definition) is 4. The summed E-state index contributed by atoms with van der Waals surface area (Å²) in [6.45, 7) is 3.00. The molecular formula is C14H23NO2S. The lowest BCUT2D eigenvalue weighted by molar-refractivity contribution is 0.0743. The molecule has 0 spiro atoms. The molecule has 0 bridgehead atoms. The number of ether oxygens (including phenoxy) is 1. The highest BCUT2D eigenvalue weighted by molar-refractivity contribution is 7.98. The minimum Gasteiger partial charge on any atom is -0.388 e. The van der Waals surface area contributed by atoms with Gasteiger partial charge in [-0.15, -0.1) is 0 Å². The molecule has 1 aromatic rings. The van der Waals surface area contributed by atoms with Crippen LogP contribution in [0.4, 0.5) is 0 Å². The fraction of sp³-hybridized carbons (Fsp3) is 0.571. The average Bonchev–Trinajstić information content (AvgIpc) is 2.35. The zero-order valence-corrected chi connectivity index (χ0v) is 12.2. The molecule has 0 aliphatic carbocycles. The fourth-order valence-electron chi connectivity index (χ4n) is 1.83. The normalized spacial score (nSPS) is 16.2. The van der Waals surface area contributed by atoms with Gasteiger partial charge in [0.2, 0.25) is 0 Å². The molecule has 4 heteroatoms. The molecule has 1 aromatic carbocycles. The maximum atomic E-state index is 10.2. The molecule has 0 aromatic heterocycles. The monoisotopic (exact) mass is 269 g/mol. The molecule has 2 N–H and O–H groups in total. The molecule has 0 fully saturated rings. The lowest BCUT2D eigenvalue weighted by atomic mass is 10.1. The molecular weight excluding hydrogens is 246 g/mol. The molecule has 0 saturated carbocycles. The third-order valence-electron chi connectivity index (χ3n) is 2.72. The highest BCUT2D eigenvalue weighted by atomic mass is 32.2. The van der Waals surface area contributed by atoms with Gasteiger partial charge < -0.3 is 15.2 Å². The summed E-state index contributed by atoms with van der Waals surface area (Å²) in [6.07, 6.45) is 2.00. The van der Waals surface area contributed by atoms with Crippen molar-refractivity contribution in [1.29, 1.82) is 0 Å². The summed E-state index contributed by atoms with van der Waals surface area (Å²) in [5.74, 6) is 0.717. The highest BCUT2D eigenvalue weighted by Gasteiger charge is 2.21. The van der Waals surface area contributed by atoms with E-state index in [0.29, 0.717) is 18.9 Å². The molecule has 1 rings (SSSR count). The zero-order chi connectivity index (χ0) is 13.4. The number of thioether (sulfide) groups is 1. The maximum absolute atomic E-state index is 10.2. The van der Waals surface area contributed by atoms with Crippen LogP contribution in [0.1, 0.15) is 18.5 Å². The summed E-state index contributed by atoms with van der Waals surface area (Å²) in [7, 11) is 1.69. The first-order valence-corrected chi connectivity index (χ1v) is 7.47. The van der Waals surface area contributed by atoms with E-state index in [0.717, 1.165) is 0 Å². The van der Waals surface area contributed by atoms with Crippen molar-refractivity contribution in [3.05, 3.63) is 35.9 Å². The van der Waals surface area contributed by atoms with E-state index in [1.54, 1.807) is 18.9 Å². The predicted molar refractivity (Wildman–Crippen MR) is 78.1 cm³/mol. The SMILES string of the molecule is COCC(NCC(C)(O)CSC)c1ccccc1. The lowest BCUT2D eigenvalue weighted by Crippen LogP contribution is -2.42. The van der Waals surface area contributed by atoms with Gasteiger partial charge in [0.15, 0.2) is 0 Å². The minimum absolute atomic E-state index is 0.115. The number of nitrogens with one attached hydrogen (secondary N) is 1. The van der Waals surface area contributed by atoms with E-state index < -0.39 is 5.60 Å². The Kier molecular flexibility index (Phi) is 6.71. The van der Waals surface area contributed by atoms with Crippen LogP contribution in [0.3, 0.4) is 0 Å². The van der Waals surface area contributed by atoms with E-state index in [4.69, 9.17) is 4.74 Å². The van der Waals surface area contributed by atoms with Crippen molar-refractivity contribution in [2.45, 2.75) is 18.6 Å². The van der Waals surface area contributed by atoms with Crippen LogP contribution in [0, 0.1) is 0 Å². The lowest BCUT2D eigenvalue weighted by Gasteiger charge is -2.26. The molecule has 102 valence electrons. The first-order chi connectivity index (χ1) is 8.59. The van der Waals surface area contributed by atoms with Gasteiger partial charge >= 0.3 is 0 Å². The van der Waals surface area contributed by atoms with Crippen molar-refractivity contribution < 1.29 is 9.84 Å². The van der Waals surface area contributed by atoms with Gasteiger partial charge in [0, 0.05) is 19.4 Å². The van der Waals surface area contributed by atoms with Crippen LogP contribution in [-0.2, 0) is 4.74 Å². The Labute approximate surface area is 114 Å². The fourth-order valence-corrected chi connectivity index (χ4v) is 2.55. The van der Waals surface area contributed by atoms with Gasteiger partial charge in [0.05, 0.1) is 18.2 Å². The van der Waals surface area contributed by atoms with E-state index in [-0.39, 0.29) is 6.04 Å². The van der Waals surface area contributed by atoms with Crippen LogP contribution in [0.15, 0.2) is 30.3 Å². The average molecular weight is 269 g/mol. The van der Waals surface area contributed by atoms with Crippen LogP contribution in [0.5, 0.6) is 0 Å². The van der Waals surface area contributed by atoms with Gasteiger partial charge in [-0.05, 0) is 18.7 Å². The van der Waals surface area contributed by atoms with Crippen molar-refractivity contribution in [3.63, 3.8) is 0 Å². The van der Waals surface area contributed by atoms with Gasteiger partial charge in [-0.3, -0.25) is 0 Å². The third-order valence-corrected chi connectivity index (χ3v) is 3.63. The summed E-state index contributed by atoms with van der Waals surface area (Å²) >= 11 is 1.65. The molecule has 0 saturated heterocycles. The molecule has 0 heterocycles. The number of hydrogen-bond donors (Lipinski definition) is 2. The molecule has 2 unspecified atom stereocenters. The quantitative estimate of drug-likeness (QED) is 0.758. The first-order valence-electron chi connectivity index (χ1n) is 6.07. The van der Waals surface area contributed by atoms with Crippen molar-refractivity contribution in [3.8, 4) is 0 Å². The second-order valence-electron chi connectivity index (χ2n) is 4.73. The van der Waals surface area contributed by atoms with Gasteiger partial charge in [0.25, 0.3) is 0 Å². The topological polar surface area (TPSA) is 41.5 Å². The maximum Gasteiger partial charge on any atom is 0.0833 e. The minimum atomic E-state index is -0.694. The van der Waals surface area contributed by atoms with Gasteiger partial charge in [0.1, 0.15) is 0 Å². The Morgan fingerprint density at radius 3 is 2.61 bits per heavy atom. The number of benzene rings is 1. The van der Waals surface area contributed by atoms with Gasteiger partial charge in [-0.1, -0.05) is 30.3 Å². The van der Waals surface area contributed by atoms with Gasteiger partial charge in [-0.25, -0.2) is 0 Å². The van der Waals surface area contributed by atoms with Crippen molar-refractivity contribution in [2.75, 3.05) is 32.3 Å². The Hall–Kier alpha value is -0.550. The summed E-state index contributed by atoms with van der Waals surface area (Å²) in [4.78, 5) is 0. The smallest absolute Gasteiger partial charge is 0.0833 e. The highest BCUT2D eigenvalue weighted by Crippen LogP contribution is 2.15. The van der Waals surface area contributed by atoms with E-state index in [2.05, 4.69) is 17.4 Å². The Balaban J connectivity index is 2.59. The molecule has 18 heavy (non-hydrogen) atoms. The second kappa shape index (κ2) is 7.79. The summed E-state index contributed by atoms with van der Waals surface area (Å²) in [5, 5.41) is 13.5. The van der Waals surface area contributed by atoms with Crippen molar-refractivity contribution >= 4 is 11.8 Å². The molecule has 0 aliphatic heterocycles. The summed E-state index contributed by atoms with van der Waals surface area (Å²) < 4.78 is 5.23. The van der Waals surface area contributed by atoms with Crippen LogP contribution < -0.4 is 5.32 Å². The van der Waals surface area contributed by atoms with Crippen LogP contribution in [0.25, 0.3) is 0 Å². The standard InChI is InChI=1S/C14H23NO2S/c1-14(16,11-18-3)10-15-13(9-17-2)12-7-5-4-6-8-12/h4-8,13,15-16H,9-11H2,1-3H3. The van der Waals surface area contributed by atoms with Crippen LogP contribution in [-0.4, -0.2) is 43.0 Å². The van der Waals surface area contributed by atoms with Crippen molar-refractivity contribution in [1.82, 2.24) is 5.32 Å². The summed E-state index contributed by atoms with van der Waals surface area (Å²) in [5.41, 5.74) is 0.486. The van der Waals surface area contributed by atoms with E-state index in [1.807, 2.05) is 31.4 Å². The predicted octanol–water partition coefficient (Wildman–Crippen LogP) is 2.08. The molecule has 0 radical (unpaired) electrons. The Morgan fingerprint density at radius 2 is 2.06 bits per heavy atom. The van der Waals surface area contributed by atoms with Crippen LogP contribution in [0.2, 0.25) is 0 Å². The van der Waals surface area contributed by atoms with Gasteiger partial charge in [-0.2, -0.15) is 11.8 Å². The van der Waals surface area contributed by atoms with E-state index in [1.165, 1.54) is 5.56 Å². The number of aliphatic hydroxyl groups is 1. The largest absolute Gasteiger partial charge is 0.388 e. The number of methoxy groups -OCH3 is 1. The molecule has 0 aliphatic rings.